The summed E-state index contributed by atoms with van der Waals surface area (Å²) in [4.78, 5) is 19.7. The Kier molecular flexibility index (Phi) is 3.54. The Balaban J connectivity index is 2.07. The highest BCUT2D eigenvalue weighted by molar-refractivity contribution is 5.84. The molecule has 6 nitrogen and oxygen atoms in total. The zero-order chi connectivity index (χ0) is 13.9. The van der Waals surface area contributed by atoms with E-state index in [-0.39, 0.29) is 6.04 Å². The number of nitrogens with zero attached hydrogens (tertiary/aromatic N) is 3. The van der Waals surface area contributed by atoms with Crippen molar-refractivity contribution in [2.24, 2.45) is 0 Å². The number of imidazole rings is 1. The van der Waals surface area contributed by atoms with Crippen molar-refractivity contribution in [3.63, 3.8) is 0 Å². The molecule has 0 aromatic carbocycles. The van der Waals surface area contributed by atoms with Crippen molar-refractivity contribution < 1.29 is 9.90 Å². The van der Waals surface area contributed by atoms with Gasteiger partial charge in [-0.25, -0.2) is 14.8 Å². The van der Waals surface area contributed by atoms with Gasteiger partial charge in [0.15, 0.2) is 5.65 Å². The summed E-state index contributed by atoms with van der Waals surface area (Å²) in [6.45, 7) is 0. The second-order valence-electron chi connectivity index (χ2n) is 5.23. The Bertz CT molecular complexity index is 615. The number of aromatic nitrogens is 3. The van der Waals surface area contributed by atoms with Gasteiger partial charge in [0.2, 0.25) is 5.95 Å². The molecule has 0 atom stereocenters. The number of hydrogen-bond donors (Lipinski definition) is 2. The van der Waals surface area contributed by atoms with Gasteiger partial charge in [-0.15, -0.1) is 0 Å². The lowest BCUT2D eigenvalue weighted by molar-refractivity contribution is 0.209. The van der Waals surface area contributed by atoms with Crippen molar-refractivity contribution in [3.05, 3.63) is 18.3 Å². The van der Waals surface area contributed by atoms with Crippen molar-refractivity contribution in [3.8, 4) is 0 Å². The van der Waals surface area contributed by atoms with Gasteiger partial charge in [-0.05, 0) is 25.0 Å². The molecule has 1 fully saturated rings. The molecule has 1 amide bonds. The first kappa shape index (κ1) is 12.9. The molecule has 106 valence electrons. The summed E-state index contributed by atoms with van der Waals surface area (Å²) in [7, 11) is 0. The lowest BCUT2D eigenvalue weighted by atomic mass is 10.1. The number of anilines is 1. The fourth-order valence-corrected chi connectivity index (χ4v) is 2.98. The monoisotopic (exact) mass is 274 g/mol. The van der Waals surface area contributed by atoms with Crippen molar-refractivity contribution in [1.29, 1.82) is 0 Å². The minimum absolute atomic E-state index is 0.277. The molecule has 1 aliphatic carbocycles. The van der Waals surface area contributed by atoms with Gasteiger partial charge in [0.05, 0.1) is 0 Å². The SMILES string of the molecule is O=C(O)Nc1nc2cccnc2n1C1CCCCCC1. The quantitative estimate of drug-likeness (QED) is 0.822. The zero-order valence-electron chi connectivity index (χ0n) is 11.2. The van der Waals surface area contributed by atoms with Gasteiger partial charge < -0.3 is 5.11 Å². The minimum atomic E-state index is -1.09. The predicted molar refractivity (Wildman–Crippen MR) is 75.9 cm³/mol. The maximum absolute atomic E-state index is 11.0. The van der Waals surface area contributed by atoms with Gasteiger partial charge in [0.1, 0.15) is 5.52 Å². The Morgan fingerprint density at radius 3 is 2.75 bits per heavy atom. The molecule has 0 radical (unpaired) electrons. The normalized spacial score (nSPS) is 17.0. The van der Waals surface area contributed by atoms with Gasteiger partial charge in [-0.2, -0.15) is 0 Å². The van der Waals surface area contributed by atoms with Crippen LogP contribution in [0.15, 0.2) is 18.3 Å². The summed E-state index contributed by atoms with van der Waals surface area (Å²) in [5, 5.41) is 11.4. The van der Waals surface area contributed by atoms with Crippen molar-refractivity contribution in [2.45, 2.75) is 44.6 Å². The number of carboxylic acid groups (broad SMARTS) is 1. The number of rotatable bonds is 2. The molecule has 2 aromatic rings. The van der Waals surface area contributed by atoms with Crippen LogP contribution in [0.5, 0.6) is 0 Å². The molecule has 1 saturated carbocycles. The van der Waals surface area contributed by atoms with Crippen LogP contribution < -0.4 is 5.32 Å². The van der Waals surface area contributed by atoms with Crippen LogP contribution in [0.25, 0.3) is 11.2 Å². The number of pyridine rings is 1. The van der Waals surface area contributed by atoms with Gasteiger partial charge in [0, 0.05) is 12.2 Å². The minimum Gasteiger partial charge on any atom is -0.465 e. The molecule has 0 spiro atoms. The number of nitrogens with one attached hydrogen (secondary N) is 1. The van der Waals surface area contributed by atoms with Crippen molar-refractivity contribution in [1.82, 2.24) is 14.5 Å². The highest BCUT2D eigenvalue weighted by atomic mass is 16.4. The van der Waals surface area contributed by atoms with Crippen LogP contribution in [0.1, 0.15) is 44.6 Å². The smallest absolute Gasteiger partial charge is 0.411 e. The van der Waals surface area contributed by atoms with E-state index < -0.39 is 6.09 Å². The maximum atomic E-state index is 11.0. The third-order valence-electron chi connectivity index (χ3n) is 3.86. The third-order valence-corrected chi connectivity index (χ3v) is 3.86. The van der Waals surface area contributed by atoms with Crippen LogP contribution in [0, 0.1) is 0 Å². The van der Waals surface area contributed by atoms with E-state index in [1.165, 1.54) is 25.7 Å². The lowest BCUT2D eigenvalue weighted by Crippen LogP contribution is -2.17. The molecule has 20 heavy (non-hydrogen) atoms. The molecule has 3 rings (SSSR count). The van der Waals surface area contributed by atoms with Crippen LogP contribution in [0.4, 0.5) is 10.7 Å². The highest BCUT2D eigenvalue weighted by Gasteiger charge is 2.22. The van der Waals surface area contributed by atoms with Gasteiger partial charge >= 0.3 is 6.09 Å². The van der Waals surface area contributed by atoms with E-state index in [1.807, 2.05) is 16.7 Å². The third kappa shape index (κ3) is 2.45. The molecule has 1 aliphatic rings. The molecule has 0 saturated heterocycles. The molecule has 0 aliphatic heterocycles. The average Bonchev–Trinajstić information content (AvgIpc) is 2.61. The van der Waals surface area contributed by atoms with Crippen LogP contribution in [0.2, 0.25) is 0 Å². The highest BCUT2D eigenvalue weighted by Crippen LogP contribution is 2.32. The lowest BCUT2D eigenvalue weighted by Gasteiger charge is -2.18. The largest absolute Gasteiger partial charge is 0.465 e. The molecule has 2 aromatic heterocycles. The molecular formula is C14H18N4O2. The predicted octanol–water partition coefficient (Wildman–Crippen LogP) is 3.42. The first-order valence-corrected chi connectivity index (χ1v) is 7.08. The van der Waals surface area contributed by atoms with E-state index >= 15 is 0 Å². The van der Waals surface area contributed by atoms with Gasteiger partial charge in [-0.3, -0.25) is 9.88 Å². The number of carbonyl (C=O) groups is 1. The summed E-state index contributed by atoms with van der Waals surface area (Å²) < 4.78 is 1.97. The first-order chi connectivity index (χ1) is 9.75. The van der Waals surface area contributed by atoms with Crippen molar-refractivity contribution in [2.75, 3.05) is 5.32 Å². The number of hydrogen-bond acceptors (Lipinski definition) is 3. The summed E-state index contributed by atoms with van der Waals surface area (Å²) in [6.07, 6.45) is 7.58. The van der Waals surface area contributed by atoms with E-state index in [2.05, 4.69) is 15.3 Å². The number of fused-ring (bicyclic) bond motifs is 1. The molecule has 0 unspecified atom stereocenters. The molecule has 6 heteroatoms. The van der Waals surface area contributed by atoms with Crippen LogP contribution in [0.3, 0.4) is 0 Å². The summed E-state index contributed by atoms with van der Waals surface area (Å²) in [6, 6.07) is 3.96. The fourth-order valence-electron chi connectivity index (χ4n) is 2.98. The van der Waals surface area contributed by atoms with Crippen LogP contribution >= 0.6 is 0 Å². The van der Waals surface area contributed by atoms with Crippen LogP contribution in [-0.2, 0) is 0 Å². The first-order valence-electron chi connectivity index (χ1n) is 7.08. The molecule has 2 heterocycles. The summed E-state index contributed by atoms with van der Waals surface area (Å²) in [5.41, 5.74) is 1.50. The zero-order valence-corrected chi connectivity index (χ0v) is 11.2. The maximum Gasteiger partial charge on any atom is 0.411 e. The Morgan fingerprint density at radius 2 is 2.05 bits per heavy atom. The standard InChI is InChI=1S/C14H18N4O2/c19-14(20)17-13-16-11-8-5-9-15-12(11)18(13)10-6-3-1-2-4-7-10/h5,8-10H,1-4,6-7H2,(H,16,17)(H,19,20). The molecule has 0 bridgehead atoms. The number of amides is 1. The van der Waals surface area contributed by atoms with Gasteiger partial charge in [0.25, 0.3) is 0 Å². The van der Waals surface area contributed by atoms with E-state index in [0.717, 1.165) is 24.0 Å². The van der Waals surface area contributed by atoms with E-state index in [0.29, 0.717) is 5.95 Å². The van der Waals surface area contributed by atoms with Gasteiger partial charge in [-0.1, -0.05) is 25.7 Å². The topological polar surface area (TPSA) is 80.0 Å². The van der Waals surface area contributed by atoms with E-state index in [9.17, 15) is 4.79 Å². The van der Waals surface area contributed by atoms with Crippen LogP contribution in [-0.4, -0.2) is 25.7 Å². The second-order valence-corrected chi connectivity index (χ2v) is 5.23. The summed E-state index contributed by atoms with van der Waals surface area (Å²) >= 11 is 0. The molecular weight excluding hydrogens is 256 g/mol. The second kappa shape index (κ2) is 5.48. The Labute approximate surface area is 116 Å². The van der Waals surface area contributed by atoms with E-state index in [4.69, 9.17) is 5.11 Å². The Hall–Kier alpha value is -2.11. The summed E-state index contributed by atoms with van der Waals surface area (Å²) in [5.74, 6) is 0.387. The average molecular weight is 274 g/mol. The van der Waals surface area contributed by atoms with Crippen molar-refractivity contribution >= 4 is 23.2 Å². The Morgan fingerprint density at radius 1 is 1.30 bits per heavy atom. The molecule has 2 N–H and O–H groups in total. The fraction of sp³-hybridized carbons (Fsp3) is 0.500. The van der Waals surface area contributed by atoms with E-state index in [1.54, 1.807) is 6.20 Å².